The molecule has 86 valence electrons. The fourth-order valence-electron chi connectivity index (χ4n) is 2.34. The highest BCUT2D eigenvalue weighted by Crippen LogP contribution is 2.37. The second kappa shape index (κ2) is 3.72. The van der Waals surface area contributed by atoms with Crippen molar-refractivity contribution in [2.24, 2.45) is 11.3 Å². The lowest BCUT2D eigenvalue weighted by atomic mass is 9.79. The molecule has 0 radical (unpaired) electrons. The summed E-state index contributed by atoms with van der Waals surface area (Å²) in [6.45, 7) is 5.92. The Morgan fingerprint density at radius 3 is 2.13 bits per heavy atom. The molecule has 5 heteroatoms. The van der Waals surface area contributed by atoms with Gasteiger partial charge in [0.15, 0.2) is 0 Å². The summed E-state index contributed by atoms with van der Waals surface area (Å²) in [5, 5.41) is 18.0. The Balaban J connectivity index is 2.98. The largest absolute Gasteiger partial charge is 0.481 e. The standard InChI is InChI=1S/C10H17NO4/c1-10(2,3)7-6(8(12)13)4-5-11(7)9(14)15/h6-7H,4-5H2,1-3H3,(H,12,13)(H,14,15). The third-order valence-electron chi connectivity index (χ3n) is 2.85. The highest BCUT2D eigenvalue weighted by molar-refractivity contribution is 5.74. The number of carboxylic acid groups (broad SMARTS) is 2. The van der Waals surface area contributed by atoms with E-state index in [1.54, 1.807) is 0 Å². The van der Waals surface area contributed by atoms with E-state index in [1.165, 1.54) is 4.90 Å². The fraction of sp³-hybridized carbons (Fsp3) is 0.800. The quantitative estimate of drug-likeness (QED) is 0.694. The molecule has 1 amide bonds. The first kappa shape index (κ1) is 11.8. The van der Waals surface area contributed by atoms with E-state index >= 15 is 0 Å². The minimum absolute atomic E-state index is 0.314. The Morgan fingerprint density at radius 2 is 1.80 bits per heavy atom. The van der Waals surface area contributed by atoms with Gasteiger partial charge >= 0.3 is 12.1 Å². The molecule has 0 aromatic rings. The Labute approximate surface area is 88.7 Å². The lowest BCUT2D eigenvalue weighted by Gasteiger charge is -2.35. The Bertz CT molecular complexity index is 260. The van der Waals surface area contributed by atoms with Crippen molar-refractivity contribution < 1.29 is 19.8 Å². The molecular weight excluding hydrogens is 198 g/mol. The first-order valence-electron chi connectivity index (χ1n) is 4.97. The third kappa shape index (κ3) is 2.22. The lowest BCUT2D eigenvalue weighted by molar-refractivity contribution is -0.143. The van der Waals surface area contributed by atoms with E-state index in [9.17, 15) is 9.59 Å². The molecular formula is C10H17NO4. The van der Waals surface area contributed by atoms with E-state index in [2.05, 4.69) is 0 Å². The van der Waals surface area contributed by atoms with Gasteiger partial charge in [0.1, 0.15) is 0 Å². The van der Waals surface area contributed by atoms with Crippen molar-refractivity contribution in [1.29, 1.82) is 0 Å². The highest BCUT2D eigenvalue weighted by atomic mass is 16.4. The van der Waals surface area contributed by atoms with Crippen LogP contribution in [0.2, 0.25) is 0 Å². The molecule has 2 atom stereocenters. The van der Waals surface area contributed by atoms with Crippen molar-refractivity contribution in [3.63, 3.8) is 0 Å². The number of carbonyl (C=O) groups is 2. The van der Waals surface area contributed by atoms with Crippen LogP contribution in [-0.4, -0.2) is 39.8 Å². The maximum absolute atomic E-state index is 11.0. The normalized spacial score (nSPS) is 26.7. The second-order valence-electron chi connectivity index (χ2n) is 5.02. The molecule has 2 unspecified atom stereocenters. The van der Waals surface area contributed by atoms with Crippen LogP contribution in [0.3, 0.4) is 0 Å². The summed E-state index contributed by atoms with van der Waals surface area (Å²) in [7, 11) is 0. The molecule has 0 aromatic carbocycles. The zero-order valence-corrected chi connectivity index (χ0v) is 9.23. The van der Waals surface area contributed by atoms with Crippen LogP contribution in [0.15, 0.2) is 0 Å². The zero-order valence-electron chi connectivity index (χ0n) is 9.23. The van der Waals surface area contributed by atoms with Crippen LogP contribution >= 0.6 is 0 Å². The van der Waals surface area contributed by atoms with Gasteiger partial charge in [0, 0.05) is 6.54 Å². The molecule has 5 nitrogen and oxygen atoms in total. The van der Waals surface area contributed by atoms with Crippen LogP contribution in [0.5, 0.6) is 0 Å². The summed E-state index contributed by atoms with van der Waals surface area (Å²) in [4.78, 5) is 23.2. The van der Waals surface area contributed by atoms with Gasteiger partial charge in [0.25, 0.3) is 0 Å². The van der Waals surface area contributed by atoms with Gasteiger partial charge in [-0.3, -0.25) is 4.79 Å². The van der Waals surface area contributed by atoms with E-state index in [0.717, 1.165) is 0 Å². The predicted molar refractivity (Wildman–Crippen MR) is 53.7 cm³/mol. The van der Waals surface area contributed by atoms with Crippen molar-refractivity contribution in [2.45, 2.75) is 33.2 Å². The second-order valence-corrected chi connectivity index (χ2v) is 5.02. The lowest BCUT2D eigenvalue weighted by Crippen LogP contribution is -2.47. The first-order valence-corrected chi connectivity index (χ1v) is 4.97. The molecule has 0 saturated carbocycles. The molecule has 0 aliphatic carbocycles. The predicted octanol–water partition coefficient (Wildman–Crippen LogP) is 1.49. The number of hydrogen-bond acceptors (Lipinski definition) is 2. The van der Waals surface area contributed by atoms with Crippen molar-refractivity contribution in [2.75, 3.05) is 6.54 Å². The molecule has 1 aliphatic heterocycles. The van der Waals surface area contributed by atoms with Crippen molar-refractivity contribution in [1.82, 2.24) is 4.90 Å². The van der Waals surface area contributed by atoms with Crippen molar-refractivity contribution in [3.05, 3.63) is 0 Å². The molecule has 2 N–H and O–H groups in total. The number of nitrogens with zero attached hydrogens (tertiary/aromatic N) is 1. The molecule has 1 rings (SSSR count). The number of aliphatic carboxylic acids is 1. The number of rotatable bonds is 1. The van der Waals surface area contributed by atoms with Crippen LogP contribution in [0.4, 0.5) is 4.79 Å². The van der Waals surface area contributed by atoms with Crippen LogP contribution in [-0.2, 0) is 4.79 Å². The van der Waals surface area contributed by atoms with Gasteiger partial charge in [-0.15, -0.1) is 0 Å². The average molecular weight is 215 g/mol. The topological polar surface area (TPSA) is 77.8 Å². The van der Waals surface area contributed by atoms with Crippen LogP contribution in [0.25, 0.3) is 0 Å². The van der Waals surface area contributed by atoms with Gasteiger partial charge in [-0.05, 0) is 11.8 Å². The molecule has 1 saturated heterocycles. The van der Waals surface area contributed by atoms with Gasteiger partial charge in [-0.1, -0.05) is 20.8 Å². The monoisotopic (exact) mass is 215 g/mol. The van der Waals surface area contributed by atoms with Gasteiger partial charge in [-0.2, -0.15) is 0 Å². The van der Waals surface area contributed by atoms with Crippen LogP contribution in [0.1, 0.15) is 27.2 Å². The zero-order chi connectivity index (χ0) is 11.8. The number of hydrogen-bond donors (Lipinski definition) is 2. The summed E-state index contributed by atoms with van der Waals surface area (Å²) in [6, 6.07) is -0.438. The fourth-order valence-corrected chi connectivity index (χ4v) is 2.34. The summed E-state index contributed by atoms with van der Waals surface area (Å²) in [5.41, 5.74) is -0.349. The van der Waals surface area contributed by atoms with Gasteiger partial charge < -0.3 is 15.1 Å². The Kier molecular flexibility index (Phi) is 2.93. The number of likely N-dealkylation sites (tertiary alicyclic amines) is 1. The Hall–Kier alpha value is -1.26. The van der Waals surface area contributed by atoms with E-state index in [0.29, 0.717) is 13.0 Å². The van der Waals surface area contributed by atoms with E-state index < -0.39 is 24.0 Å². The number of carboxylic acids is 1. The minimum atomic E-state index is -1.03. The third-order valence-corrected chi connectivity index (χ3v) is 2.85. The molecule has 1 aliphatic rings. The van der Waals surface area contributed by atoms with Crippen molar-refractivity contribution in [3.8, 4) is 0 Å². The van der Waals surface area contributed by atoms with E-state index in [4.69, 9.17) is 10.2 Å². The Morgan fingerprint density at radius 1 is 1.27 bits per heavy atom. The van der Waals surface area contributed by atoms with Gasteiger partial charge in [0.05, 0.1) is 12.0 Å². The number of amides is 1. The maximum Gasteiger partial charge on any atom is 0.407 e. The van der Waals surface area contributed by atoms with Gasteiger partial charge in [0.2, 0.25) is 0 Å². The molecule has 0 bridgehead atoms. The first-order chi connectivity index (χ1) is 6.75. The molecule has 1 fully saturated rings. The van der Waals surface area contributed by atoms with E-state index in [-0.39, 0.29) is 5.41 Å². The van der Waals surface area contributed by atoms with Crippen LogP contribution in [0, 0.1) is 11.3 Å². The summed E-state index contributed by atoms with van der Waals surface area (Å²) < 4.78 is 0. The molecule has 15 heavy (non-hydrogen) atoms. The highest BCUT2D eigenvalue weighted by Gasteiger charge is 2.47. The molecule has 1 heterocycles. The molecule has 0 spiro atoms. The maximum atomic E-state index is 11.0. The summed E-state index contributed by atoms with van der Waals surface area (Å²) in [6.07, 6.45) is -0.623. The molecule has 0 aromatic heterocycles. The summed E-state index contributed by atoms with van der Waals surface area (Å²) >= 11 is 0. The average Bonchev–Trinajstić information content (AvgIpc) is 2.45. The van der Waals surface area contributed by atoms with Crippen molar-refractivity contribution >= 4 is 12.1 Å². The van der Waals surface area contributed by atoms with Gasteiger partial charge in [-0.25, -0.2) is 4.79 Å². The minimum Gasteiger partial charge on any atom is -0.481 e. The summed E-state index contributed by atoms with van der Waals surface area (Å²) in [5.74, 6) is -1.49. The van der Waals surface area contributed by atoms with Crippen LogP contribution < -0.4 is 0 Å². The smallest absolute Gasteiger partial charge is 0.407 e. The van der Waals surface area contributed by atoms with E-state index in [1.807, 2.05) is 20.8 Å². The SMILES string of the molecule is CC(C)(C)C1C(C(=O)O)CCN1C(=O)O.